The normalized spacial score (nSPS) is 17.9. The average molecular weight is 288 g/mol. The lowest BCUT2D eigenvalue weighted by Gasteiger charge is -2.17. The van der Waals surface area contributed by atoms with Crippen LogP contribution in [0.25, 0.3) is 5.57 Å². The summed E-state index contributed by atoms with van der Waals surface area (Å²) < 4.78 is 34.0. The van der Waals surface area contributed by atoms with Crippen molar-refractivity contribution in [1.82, 2.24) is 0 Å². The van der Waals surface area contributed by atoms with Crippen LogP contribution in [-0.2, 0) is 0 Å². The number of allylic oxidation sites excluding steroid dienone is 2. The summed E-state index contributed by atoms with van der Waals surface area (Å²) in [6.07, 6.45) is 1.23. The van der Waals surface area contributed by atoms with Gasteiger partial charge in [0.1, 0.15) is 11.4 Å². The van der Waals surface area contributed by atoms with E-state index in [4.69, 9.17) is 18.6 Å². The van der Waals surface area contributed by atoms with Gasteiger partial charge in [-0.2, -0.15) is 0 Å². The molecule has 0 bridgehead atoms. The van der Waals surface area contributed by atoms with Crippen LogP contribution >= 0.6 is 0 Å². The molecule has 6 heteroatoms. The van der Waals surface area contributed by atoms with Gasteiger partial charge in [-0.25, -0.2) is 18.6 Å². The lowest BCUT2D eigenvalue weighted by molar-refractivity contribution is -2.00. The van der Waals surface area contributed by atoms with Gasteiger partial charge in [0.2, 0.25) is 0 Å². The number of nitrogens with one attached hydrogen (secondary N) is 1. The molecular weight excluding hydrogens is 270 g/mol. The van der Waals surface area contributed by atoms with Crippen molar-refractivity contribution in [3.05, 3.63) is 35.5 Å². The van der Waals surface area contributed by atoms with Gasteiger partial charge in [-0.3, -0.25) is 4.90 Å². The Balaban J connectivity index is 0.000000312. The van der Waals surface area contributed by atoms with Crippen molar-refractivity contribution in [2.45, 2.75) is 27.2 Å². The van der Waals surface area contributed by atoms with Crippen molar-refractivity contribution in [3.8, 4) is 0 Å². The molecule has 1 aliphatic rings. The molecular formula is C13H18ClNO4. The second-order valence-corrected chi connectivity index (χ2v) is 5.16. The number of hydrogen-bond acceptors (Lipinski definition) is 4. The molecule has 1 aromatic carbocycles. The number of para-hydroxylation sites is 1. The van der Waals surface area contributed by atoms with Gasteiger partial charge < -0.3 is 0 Å². The molecule has 1 heterocycles. The molecule has 0 fully saturated rings. The Kier molecular flexibility index (Phi) is 5.49. The van der Waals surface area contributed by atoms with E-state index in [2.05, 4.69) is 45.0 Å². The molecule has 0 spiro atoms. The Hall–Kier alpha value is -0.950. The summed E-state index contributed by atoms with van der Waals surface area (Å²) in [6, 6.07) is 8.75. The summed E-state index contributed by atoms with van der Waals surface area (Å²) in [6.45, 7) is 7.94. The second kappa shape index (κ2) is 6.47. The summed E-state index contributed by atoms with van der Waals surface area (Å²) in [5.41, 5.74) is 5.86. The highest BCUT2D eigenvalue weighted by atomic mass is 35.7. The van der Waals surface area contributed by atoms with E-state index in [-0.39, 0.29) is 0 Å². The molecule has 0 saturated carbocycles. The fraction of sp³-hybridized carbons (Fsp3) is 0.385. The van der Waals surface area contributed by atoms with Crippen molar-refractivity contribution in [2.24, 2.45) is 0 Å². The fourth-order valence-corrected chi connectivity index (χ4v) is 2.28. The quantitative estimate of drug-likeness (QED) is 0.657. The second-order valence-electron chi connectivity index (χ2n) is 4.40. The molecule has 5 nitrogen and oxygen atoms in total. The van der Waals surface area contributed by atoms with Crippen molar-refractivity contribution in [3.63, 3.8) is 0 Å². The molecule has 106 valence electrons. The average Bonchev–Trinajstić information content (AvgIpc) is 2.54. The predicted octanol–water partition coefficient (Wildman–Crippen LogP) is -2.38. The van der Waals surface area contributed by atoms with Crippen molar-refractivity contribution >= 4 is 11.3 Å². The molecule has 0 aliphatic carbocycles. The van der Waals surface area contributed by atoms with Crippen LogP contribution in [-0.4, -0.2) is 6.54 Å². The highest BCUT2D eigenvalue weighted by Gasteiger charge is 2.27. The molecule has 0 amide bonds. The summed E-state index contributed by atoms with van der Waals surface area (Å²) in [5, 5.41) is 0. The summed E-state index contributed by atoms with van der Waals surface area (Å²) in [4.78, 5) is 1.56. The van der Waals surface area contributed by atoms with E-state index in [1.165, 1.54) is 35.5 Å². The van der Waals surface area contributed by atoms with Crippen molar-refractivity contribution in [1.29, 1.82) is 0 Å². The first kappa shape index (κ1) is 16.1. The smallest absolute Gasteiger partial charge is 0.143 e. The van der Waals surface area contributed by atoms with Gasteiger partial charge in [-0.1, -0.05) is 19.1 Å². The molecule has 1 atom stereocenters. The predicted molar refractivity (Wildman–Crippen MR) is 60.5 cm³/mol. The lowest BCUT2D eigenvalue weighted by atomic mass is 10.1. The monoisotopic (exact) mass is 287 g/mol. The van der Waals surface area contributed by atoms with E-state index in [1.807, 2.05) is 0 Å². The molecule has 1 unspecified atom stereocenters. The summed E-state index contributed by atoms with van der Waals surface area (Å²) >= 11 is 0. The van der Waals surface area contributed by atoms with Crippen molar-refractivity contribution in [2.75, 3.05) is 6.54 Å². The van der Waals surface area contributed by atoms with Gasteiger partial charge in [0.25, 0.3) is 0 Å². The van der Waals surface area contributed by atoms with Crippen LogP contribution in [0.1, 0.15) is 32.8 Å². The maximum Gasteiger partial charge on any atom is 0.143 e. The molecule has 1 aliphatic heterocycles. The van der Waals surface area contributed by atoms with Gasteiger partial charge in [0.05, 0.1) is 6.54 Å². The Bertz CT molecular complexity index is 462. The third-order valence-corrected chi connectivity index (χ3v) is 3.17. The van der Waals surface area contributed by atoms with Crippen molar-refractivity contribution < 1.29 is 33.8 Å². The molecule has 1 aromatic rings. The number of hydrogen-bond donors (Lipinski definition) is 1. The van der Waals surface area contributed by atoms with Gasteiger partial charge in [-0.15, -0.1) is 10.2 Å². The minimum atomic E-state index is -4.94. The van der Waals surface area contributed by atoms with Crippen LogP contribution in [0.3, 0.4) is 0 Å². The zero-order valence-corrected chi connectivity index (χ0v) is 12.0. The Labute approximate surface area is 115 Å². The fourth-order valence-electron chi connectivity index (χ4n) is 2.28. The Morgan fingerprint density at radius 1 is 1.05 bits per heavy atom. The van der Waals surface area contributed by atoms with Crippen LogP contribution in [0, 0.1) is 10.2 Å². The van der Waals surface area contributed by atoms with E-state index in [9.17, 15) is 0 Å². The van der Waals surface area contributed by atoms with Gasteiger partial charge >= 0.3 is 0 Å². The van der Waals surface area contributed by atoms with Crippen LogP contribution in [0.4, 0.5) is 5.69 Å². The minimum Gasteiger partial charge on any atom is -0.273 e. The van der Waals surface area contributed by atoms with E-state index in [0.29, 0.717) is 0 Å². The van der Waals surface area contributed by atoms with Crippen LogP contribution in [0.15, 0.2) is 30.0 Å². The lowest BCUT2D eigenvalue weighted by Crippen LogP contribution is -3.04. The summed E-state index contributed by atoms with van der Waals surface area (Å²) in [5.74, 6) is 0. The molecule has 0 aromatic heterocycles. The number of benzene rings is 1. The highest BCUT2D eigenvalue weighted by molar-refractivity contribution is 5.75. The van der Waals surface area contributed by atoms with E-state index >= 15 is 0 Å². The third-order valence-electron chi connectivity index (χ3n) is 3.17. The van der Waals surface area contributed by atoms with Gasteiger partial charge in [0.15, 0.2) is 0 Å². The molecule has 1 N–H and O–H groups in total. The van der Waals surface area contributed by atoms with Gasteiger partial charge in [-0.05, 0) is 19.4 Å². The van der Waals surface area contributed by atoms with E-state index < -0.39 is 10.2 Å². The standard InChI is InChI=1S/C13H17N.ClHO4/c1-4-9-14-11(3)10(2)12-7-5-6-8-13(12)14;2-1(3,4)5/h5-8H,4,9H2,1-3H3;(H,2,3,4,5). The Morgan fingerprint density at radius 2 is 1.58 bits per heavy atom. The van der Waals surface area contributed by atoms with E-state index in [0.717, 1.165) is 0 Å². The summed E-state index contributed by atoms with van der Waals surface area (Å²) in [7, 11) is -4.94. The van der Waals surface area contributed by atoms with Crippen LogP contribution in [0.2, 0.25) is 0 Å². The maximum absolute atomic E-state index is 8.49. The largest absolute Gasteiger partial charge is 0.273 e. The third kappa shape index (κ3) is 4.58. The zero-order valence-electron chi connectivity index (χ0n) is 11.2. The molecule has 0 radical (unpaired) electrons. The molecule has 19 heavy (non-hydrogen) atoms. The number of rotatable bonds is 2. The Morgan fingerprint density at radius 3 is 2.11 bits per heavy atom. The number of fused-ring (bicyclic) bond motifs is 1. The first-order chi connectivity index (χ1) is 8.75. The van der Waals surface area contributed by atoms with Crippen LogP contribution in [0.5, 0.6) is 0 Å². The van der Waals surface area contributed by atoms with Gasteiger partial charge in [0, 0.05) is 24.1 Å². The number of quaternary nitrogens is 1. The molecule has 0 saturated heterocycles. The first-order valence-electron chi connectivity index (χ1n) is 6.01. The SMILES string of the molecule is CCC[NH+]1C(C)=C(C)c2ccccc21.[O-][Cl+3]([O-])([O-])[O-]. The first-order valence-corrected chi connectivity index (χ1v) is 7.24. The van der Waals surface area contributed by atoms with Crippen LogP contribution < -0.4 is 23.5 Å². The number of halogens is 1. The minimum absolute atomic E-state index is 1.21. The van der Waals surface area contributed by atoms with E-state index in [1.54, 1.807) is 4.90 Å². The zero-order chi connectivity index (χ0) is 14.6. The maximum atomic E-state index is 8.49. The molecule has 2 rings (SSSR count). The highest BCUT2D eigenvalue weighted by Crippen LogP contribution is 2.27. The topological polar surface area (TPSA) is 96.7 Å².